The summed E-state index contributed by atoms with van der Waals surface area (Å²) >= 11 is 7.76. The van der Waals surface area contributed by atoms with Gasteiger partial charge in [0.1, 0.15) is 0 Å². The maximum atomic E-state index is 13.5. The number of halogens is 2. The lowest BCUT2D eigenvalue weighted by Gasteiger charge is -2.19. The Labute approximate surface area is 202 Å². The molecule has 2 aromatic carbocycles. The Morgan fingerprint density at radius 1 is 1.22 bits per heavy atom. The summed E-state index contributed by atoms with van der Waals surface area (Å²) < 4.78 is 12.3. The fraction of sp³-hybridized carbons (Fsp3) is 0.304. The van der Waals surface area contributed by atoms with E-state index in [4.69, 9.17) is 25.7 Å². The molecule has 1 amide bonds. The predicted octanol–water partition coefficient (Wildman–Crippen LogP) is 6.03. The molecule has 0 aliphatic rings. The van der Waals surface area contributed by atoms with Crippen LogP contribution in [0.3, 0.4) is 0 Å². The third kappa shape index (κ3) is 4.71. The van der Waals surface area contributed by atoms with Gasteiger partial charge in [-0.15, -0.1) is 12.4 Å². The van der Waals surface area contributed by atoms with Gasteiger partial charge in [0.15, 0.2) is 22.2 Å². The third-order valence-corrected chi connectivity index (χ3v) is 6.59. The summed E-state index contributed by atoms with van der Waals surface area (Å²) in [5, 5.41) is 2.12. The van der Waals surface area contributed by atoms with Gasteiger partial charge in [-0.3, -0.25) is 9.69 Å². The minimum Gasteiger partial charge on any atom is -0.493 e. The highest BCUT2D eigenvalue weighted by atomic mass is 35.5. The number of hydrogen-bond acceptors (Lipinski definition) is 6. The zero-order valence-electron chi connectivity index (χ0n) is 18.3. The molecule has 6 nitrogen and oxygen atoms in total. The molecule has 2 heterocycles. The number of furan rings is 1. The average Bonchev–Trinajstić information content (AvgIpc) is 3.37. The number of fused-ring (bicyclic) bond motifs is 2. The van der Waals surface area contributed by atoms with Gasteiger partial charge in [-0.25, -0.2) is 4.98 Å². The van der Waals surface area contributed by atoms with E-state index < -0.39 is 0 Å². The molecule has 4 rings (SSSR count). The van der Waals surface area contributed by atoms with Crippen molar-refractivity contribution >= 4 is 67.6 Å². The fourth-order valence-electron chi connectivity index (χ4n) is 3.47. The van der Waals surface area contributed by atoms with Gasteiger partial charge in [0.2, 0.25) is 0 Å². The SMILES string of the molecule is COc1cccc2cc(C(=O)N(CCCN(C)C)c3nc4c(C)c(Cl)ccc4s3)oc12.Cl. The molecule has 32 heavy (non-hydrogen) atoms. The van der Waals surface area contributed by atoms with Crippen molar-refractivity contribution in [3.05, 3.63) is 52.7 Å². The van der Waals surface area contributed by atoms with Crippen LogP contribution in [0.4, 0.5) is 5.13 Å². The van der Waals surface area contributed by atoms with Crippen LogP contribution in [-0.2, 0) is 0 Å². The number of para-hydroxylation sites is 1. The molecular weight excluding hydrogens is 469 g/mol. The number of hydrogen-bond donors (Lipinski definition) is 0. The fourth-order valence-corrected chi connectivity index (χ4v) is 4.67. The summed E-state index contributed by atoms with van der Waals surface area (Å²) in [6.07, 6.45) is 0.804. The van der Waals surface area contributed by atoms with Crippen LogP contribution in [0.2, 0.25) is 5.02 Å². The minimum absolute atomic E-state index is 0. The predicted molar refractivity (Wildman–Crippen MR) is 134 cm³/mol. The van der Waals surface area contributed by atoms with Crippen LogP contribution >= 0.6 is 35.3 Å². The Bertz CT molecular complexity index is 1250. The molecule has 4 aromatic rings. The number of carbonyl (C=O) groups excluding carboxylic acids is 1. The number of thiazole rings is 1. The van der Waals surface area contributed by atoms with Crippen LogP contribution in [0.15, 0.2) is 40.8 Å². The lowest BCUT2D eigenvalue weighted by atomic mass is 10.2. The smallest absolute Gasteiger partial charge is 0.295 e. The summed E-state index contributed by atoms with van der Waals surface area (Å²) in [5.74, 6) is 0.638. The molecule has 0 fully saturated rings. The summed E-state index contributed by atoms with van der Waals surface area (Å²) in [6.45, 7) is 3.32. The summed E-state index contributed by atoms with van der Waals surface area (Å²) in [7, 11) is 5.61. The van der Waals surface area contributed by atoms with Crippen LogP contribution < -0.4 is 9.64 Å². The van der Waals surface area contributed by atoms with Crippen molar-refractivity contribution in [2.45, 2.75) is 13.3 Å². The number of anilines is 1. The van der Waals surface area contributed by atoms with Crippen LogP contribution in [-0.4, -0.2) is 50.1 Å². The standard InChI is InChI=1S/C23H24ClN3O3S.ClH/c1-14-16(24)9-10-19-20(14)25-23(31-19)27(12-6-11-26(2)3)22(28)18-13-15-7-5-8-17(29-4)21(15)30-18;/h5,7-10,13H,6,11-12H2,1-4H3;1H. The van der Waals surface area contributed by atoms with Gasteiger partial charge in [-0.1, -0.05) is 35.1 Å². The Kier molecular flexibility index (Phi) is 7.67. The highest BCUT2D eigenvalue weighted by molar-refractivity contribution is 7.22. The molecule has 0 bridgehead atoms. The minimum atomic E-state index is -0.222. The highest BCUT2D eigenvalue weighted by Crippen LogP contribution is 2.35. The van der Waals surface area contributed by atoms with E-state index in [0.29, 0.717) is 28.0 Å². The van der Waals surface area contributed by atoms with E-state index in [-0.39, 0.29) is 24.1 Å². The van der Waals surface area contributed by atoms with Crippen molar-refractivity contribution in [1.29, 1.82) is 0 Å². The first kappa shape index (κ1) is 24.3. The van der Waals surface area contributed by atoms with Gasteiger partial charge in [-0.05, 0) is 63.8 Å². The molecule has 0 N–H and O–H groups in total. The van der Waals surface area contributed by atoms with Gasteiger partial charge in [0.05, 0.1) is 17.3 Å². The number of carbonyl (C=O) groups is 1. The average molecular weight is 494 g/mol. The third-order valence-electron chi connectivity index (χ3n) is 5.14. The number of rotatable bonds is 7. The molecule has 0 aliphatic carbocycles. The van der Waals surface area contributed by atoms with Crippen molar-refractivity contribution in [2.24, 2.45) is 0 Å². The Balaban J connectivity index is 0.00000289. The van der Waals surface area contributed by atoms with Crippen molar-refractivity contribution in [1.82, 2.24) is 9.88 Å². The second-order valence-electron chi connectivity index (χ2n) is 7.62. The zero-order chi connectivity index (χ0) is 22.1. The van der Waals surface area contributed by atoms with Crippen LogP contribution in [0.25, 0.3) is 21.2 Å². The molecule has 9 heteroatoms. The quantitative estimate of drug-likeness (QED) is 0.314. The van der Waals surface area contributed by atoms with E-state index in [1.165, 1.54) is 11.3 Å². The number of nitrogens with zero attached hydrogens (tertiary/aromatic N) is 3. The number of aromatic nitrogens is 1. The van der Waals surface area contributed by atoms with Crippen molar-refractivity contribution in [3.63, 3.8) is 0 Å². The van der Waals surface area contributed by atoms with Gasteiger partial charge in [0, 0.05) is 17.0 Å². The molecule has 2 aromatic heterocycles. The Morgan fingerprint density at radius 2 is 2.00 bits per heavy atom. The number of aryl methyl sites for hydroxylation is 1. The largest absolute Gasteiger partial charge is 0.493 e. The monoisotopic (exact) mass is 493 g/mol. The summed E-state index contributed by atoms with van der Waals surface area (Å²) in [6, 6.07) is 11.2. The van der Waals surface area contributed by atoms with Crippen LogP contribution in [0.5, 0.6) is 5.75 Å². The number of ether oxygens (including phenoxy) is 1. The van der Waals surface area contributed by atoms with Gasteiger partial charge < -0.3 is 14.1 Å². The lowest BCUT2D eigenvalue weighted by molar-refractivity contribution is 0.0961. The maximum absolute atomic E-state index is 13.5. The van der Waals surface area contributed by atoms with Gasteiger partial charge in [0.25, 0.3) is 5.91 Å². The van der Waals surface area contributed by atoms with E-state index in [1.807, 2.05) is 51.4 Å². The first-order chi connectivity index (χ1) is 14.9. The van der Waals surface area contributed by atoms with E-state index in [1.54, 1.807) is 18.1 Å². The van der Waals surface area contributed by atoms with E-state index >= 15 is 0 Å². The van der Waals surface area contributed by atoms with E-state index in [9.17, 15) is 4.79 Å². The van der Waals surface area contributed by atoms with Crippen molar-refractivity contribution in [3.8, 4) is 5.75 Å². The van der Waals surface area contributed by atoms with E-state index in [0.717, 1.165) is 34.1 Å². The maximum Gasteiger partial charge on any atom is 0.295 e. The first-order valence-electron chi connectivity index (χ1n) is 9.98. The molecule has 0 atom stereocenters. The summed E-state index contributed by atoms with van der Waals surface area (Å²) in [5.41, 5.74) is 2.30. The highest BCUT2D eigenvalue weighted by Gasteiger charge is 2.25. The summed E-state index contributed by atoms with van der Waals surface area (Å²) in [4.78, 5) is 22.1. The number of methoxy groups -OCH3 is 1. The molecule has 0 saturated carbocycles. The van der Waals surface area contributed by atoms with Gasteiger partial charge in [-0.2, -0.15) is 0 Å². The lowest BCUT2D eigenvalue weighted by Crippen LogP contribution is -2.33. The van der Waals surface area contributed by atoms with E-state index in [2.05, 4.69) is 4.90 Å². The second kappa shape index (κ2) is 10.1. The van der Waals surface area contributed by atoms with Crippen molar-refractivity contribution in [2.75, 3.05) is 39.2 Å². The number of amides is 1. The Hall–Kier alpha value is -2.32. The van der Waals surface area contributed by atoms with Crippen LogP contribution in [0.1, 0.15) is 22.5 Å². The normalized spacial score (nSPS) is 11.2. The molecule has 0 saturated heterocycles. The number of benzene rings is 2. The van der Waals surface area contributed by atoms with Crippen LogP contribution in [0, 0.1) is 6.92 Å². The molecular formula is C23H25Cl2N3O3S. The molecule has 0 spiro atoms. The first-order valence-corrected chi connectivity index (χ1v) is 11.2. The van der Waals surface area contributed by atoms with Gasteiger partial charge >= 0.3 is 0 Å². The molecule has 0 radical (unpaired) electrons. The zero-order valence-corrected chi connectivity index (χ0v) is 20.7. The molecule has 0 aliphatic heterocycles. The molecule has 170 valence electrons. The molecule has 0 unspecified atom stereocenters. The topological polar surface area (TPSA) is 58.8 Å². The Morgan fingerprint density at radius 3 is 2.72 bits per heavy atom. The van der Waals surface area contributed by atoms with Crippen molar-refractivity contribution < 1.29 is 13.9 Å². The second-order valence-corrected chi connectivity index (χ2v) is 9.03.